The van der Waals surface area contributed by atoms with Crippen molar-refractivity contribution in [1.82, 2.24) is 14.8 Å². The molecule has 0 atom stereocenters. The largest absolute Gasteiger partial charge is 0.497 e. The van der Waals surface area contributed by atoms with Gasteiger partial charge in [0.2, 0.25) is 0 Å². The number of pyridine rings is 1. The van der Waals surface area contributed by atoms with E-state index >= 15 is 0 Å². The molecule has 3 rings (SSSR count). The molecular weight excluding hydrogens is 314 g/mol. The molecule has 132 valence electrons. The molecule has 1 aromatic heterocycles. The van der Waals surface area contributed by atoms with E-state index in [0.29, 0.717) is 5.69 Å². The Hall–Kier alpha value is -2.40. The van der Waals surface area contributed by atoms with Crippen LogP contribution in [0.1, 0.15) is 21.7 Å². The van der Waals surface area contributed by atoms with Gasteiger partial charge in [0.05, 0.1) is 7.11 Å². The van der Waals surface area contributed by atoms with E-state index in [1.54, 1.807) is 13.2 Å². The number of methoxy groups -OCH3 is 1. The molecule has 0 N–H and O–H groups in total. The third-order valence-corrected chi connectivity index (χ3v) is 4.64. The maximum atomic E-state index is 12.5. The van der Waals surface area contributed by atoms with Crippen LogP contribution in [0.15, 0.2) is 42.5 Å². The minimum absolute atomic E-state index is 0.0403. The minimum atomic E-state index is 0.0403. The molecule has 0 bridgehead atoms. The molecule has 0 unspecified atom stereocenters. The van der Waals surface area contributed by atoms with Gasteiger partial charge in [-0.2, -0.15) is 0 Å². The quantitative estimate of drug-likeness (QED) is 0.839. The Morgan fingerprint density at radius 1 is 1.08 bits per heavy atom. The van der Waals surface area contributed by atoms with E-state index in [9.17, 15) is 4.79 Å². The molecule has 1 saturated heterocycles. The van der Waals surface area contributed by atoms with Crippen molar-refractivity contribution in [3.63, 3.8) is 0 Å². The number of piperazine rings is 1. The zero-order chi connectivity index (χ0) is 17.6. The van der Waals surface area contributed by atoms with Crippen LogP contribution in [0.25, 0.3) is 0 Å². The Labute approximate surface area is 149 Å². The molecule has 5 nitrogen and oxygen atoms in total. The Morgan fingerprint density at radius 3 is 2.44 bits per heavy atom. The highest BCUT2D eigenvalue weighted by molar-refractivity contribution is 5.92. The lowest BCUT2D eigenvalue weighted by molar-refractivity contribution is 0.0632. The van der Waals surface area contributed by atoms with Gasteiger partial charge in [-0.1, -0.05) is 18.2 Å². The molecule has 5 heteroatoms. The molecule has 1 aliphatic rings. The topological polar surface area (TPSA) is 45.7 Å². The zero-order valence-corrected chi connectivity index (χ0v) is 14.9. The number of aryl methyl sites for hydroxylation is 1. The first kappa shape index (κ1) is 17.4. The predicted octanol–water partition coefficient (Wildman–Crippen LogP) is 2.40. The molecule has 0 saturated carbocycles. The van der Waals surface area contributed by atoms with Crippen molar-refractivity contribution in [2.24, 2.45) is 0 Å². The molecule has 1 amide bonds. The molecule has 0 aliphatic carbocycles. The van der Waals surface area contributed by atoms with Crippen LogP contribution in [-0.4, -0.2) is 60.5 Å². The standard InChI is InChI=1S/C20H25N3O2/c1-16-4-3-5-19(21-16)20(24)23-14-12-22(13-15-23)11-10-17-6-8-18(25-2)9-7-17/h3-9H,10-15H2,1-2H3. The molecule has 25 heavy (non-hydrogen) atoms. The van der Waals surface area contributed by atoms with Gasteiger partial charge in [-0.05, 0) is 43.2 Å². The second kappa shape index (κ2) is 8.12. The fourth-order valence-electron chi connectivity index (χ4n) is 3.08. The van der Waals surface area contributed by atoms with Gasteiger partial charge in [0, 0.05) is 38.4 Å². The number of carbonyl (C=O) groups excluding carboxylic acids is 1. The van der Waals surface area contributed by atoms with Crippen LogP contribution in [0, 0.1) is 6.92 Å². The van der Waals surface area contributed by atoms with E-state index in [0.717, 1.165) is 50.6 Å². The highest BCUT2D eigenvalue weighted by Gasteiger charge is 2.22. The average Bonchev–Trinajstić information content (AvgIpc) is 2.66. The Kier molecular flexibility index (Phi) is 5.66. The van der Waals surface area contributed by atoms with Gasteiger partial charge in [0.25, 0.3) is 5.91 Å². The molecule has 2 heterocycles. The van der Waals surface area contributed by atoms with Crippen LogP contribution in [0.3, 0.4) is 0 Å². The number of ether oxygens (including phenoxy) is 1. The Morgan fingerprint density at radius 2 is 1.80 bits per heavy atom. The SMILES string of the molecule is COc1ccc(CCN2CCN(C(=O)c3cccc(C)n3)CC2)cc1. The Balaban J connectivity index is 1.47. The highest BCUT2D eigenvalue weighted by Crippen LogP contribution is 2.13. The highest BCUT2D eigenvalue weighted by atomic mass is 16.5. The normalized spacial score (nSPS) is 15.2. The van der Waals surface area contributed by atoms with E-state index in [-0.39, 0.29) is 5.91 Å². The van der Waals surface area contributed by atoms with Crippen molar-refractivity contribution in [3.05, 3.63) is 59.4 Å². The summed E-state index contributed by atoms with van der Waals surface area (Å²) in [5.74, 6) is 0.930. The van der Waals surface area contributed by atoms with Crippen molar-refractivity contribution >= 4 is 5.91 Å². The van der Waals surface area contributed by atoms with Gasteiger partial charge in [0.1, 0.15) is 11.4 Å². The molecule has 0 spiro atoms. The first-order valence-electron chi connectivity index (χ1n) is 8.74. The lowest BCUT2D eigenvalue weighted by Crippen LogP contribution is -2.49. The molecule has 1 fully saturated rings. The smallest absolute Gasteiger partial charge is 0.272 e. The second-order valence-corrected chi connectivity index (χ2v) is 6.40. The third kappa shape index (κ3) is 4.57. The second-order valence-electron chi connectivity index (χ2n) is 6.40. The van der Waals surface area contributed by atoms with Crippen LogP contribution >= 0.6 is 0 Å². The van der Waals surface area contributed by atoms with Gasteiger partial charge in [-0.3, -0.25) is 9.69 Å². The predicted molar refractivity (Wildman–Crippen MR) is 98.0 cm³/mol. The maximum Gasteiger partial charge on any atom is 0.272 e. The van der Waals surface area contributed by atoms with E-state index in [4.69, 9.17) is 4.74 Å². The summed E-state index contributed by atoms with van der Waals surface area (Å²) < 4.78 is 5.19. The number of hydrogen-bond donors (Lipinski definition) is 0. The number of hydrogen-bond acceptors (Lipinski definition) is 4. The van der Waals surface area contributed by atoms with Crippen LogP contribution in [0.5, 0.6) is 5.75 Å². The van der Waals surface area contributed by atoms with Crippen molar-refractivity contribution < 1.29 is 9.53 Å². The molecular formula is C20H25N3O2. The first-order valence-corrected chi connectivity index (χ1v) is 8.74. The summed E-state index contributed by atoms with van der Waals surface area (Å²) >= 11 is 0. The molecule has 1 aromatic carbocycles. The van der Waals surface area contributed by atoms with Crippen molar-refractivity contribution in [2.75, 3.05) is 39.8 Å². The van der Waals surface area contributed by atoms with Gasteiger partial charge >= 0.3 is 0 Å². The summed E-state index contributed by atoms with van der Waals surface area (Å²) in [6, 6.07) is 13.8. The third-order valence-electron chi connectivity index (χ3n) is 4.64. The molecule has 1 aliphatic heterocycles. The monoisotopic (exact) mass is 339 g/mol. The summed E-state index contributed by atoms with van der Waals surface area (Å²) in [6.45, 7) is 6.26. The fraction of sp³-hybridized carbons (Fsp3) is 0.400. The summed E-state index contributed by atoms with van der Waals surface area (Å²) in [4.78, 5) is 21.2. The van der Waals surface area contributed by atoms with E-state index in [1.165, 1.54) is 5.56 Å². The molecule has 0 radical (unpaired) electrons. The summed E-state index contributed by atoms with van der Waals surface area (Å²) in [5, 5.41) is 0. The van der Waals surface area contributed by atoms with Crippen molar-refractivity contribution in [1.29, 1.82) is 0 Å². The van der Waals surface area contributed by atoms with E-state index < -0.39 is 0 Å². The summed E-state index contributed by atoms with van der Waals surface area (Å²) in [7, 11) is 1.68. The van der Waals surface area contributed by atoms with E-state index in [2.05, 4.69) is 22.0 Å². The van der Waals surface area contributed by atoms with Gasteiger partial charge in [-0.15, -0.1) is 0 Å². The number of nitrogens with zero attached hydrogens (tertiary/aromatic N) is 3. The Bertz CT molecular complexity index is 707. The van der Waals surface area contributed by atoms with Gasteiger partial charge < -0.3 is 9.64 Å². The van der Waals surface area contributed by atoms with Crippen molar-refractivity contribution in [3.8, 4) is 5.75 Å². The summed E-state index contributed by atoms with van der Waals surface area (Å²) in [6.07, 6.45) is 1.01. The van der Waals surface area contributed by atoms with Gasteiger partial charge in [-0.25, -0.2) is 4.98 Å². The number of amides is 1. The zero-order valence-electron chi connectivity index (χ0n) is 14.9. The minimum Gasteiger partial charge on any atom is -0.497 e. The van der Waals surface area contributed by atoms with Crippen LogP contribution < -0.4 is 4.74 Å². The summed E-state index contributed by atoms with van der Waals surface area (Å²) in [5.41, 5.74) is 2.74. The first-order chi connectivity index (χ1) is 12.2. The lowest BCUT2D eigenvalue weighted by atomic mass is 10.1. The van der Waals surface area contributed by atoms with Gasteiger partial charge in [0.15, 0.2) is 0 Å². The fourth-order valence-corrected chi connectivity index (χ4v) is 3.08. The number of rotatable bonds is 5. The average molecular weight is 339 g/mol. The van der Waals surface area contributed by atoms with Crippen molar-refractivity contribution in [2.45, 2.75) is 13.3 Å². The van der Waals surface area contributed by atoms with Crippen LogP contribution in [0.4, 0.5) is 0 Å². The number of carbonyl (C=O) groups is 1. The maximum absolute atomic E-state index is 12.5. The van der Waals surface area contributed by atoms with E-state index in [1.807, 2.05) is 36.1 Å². The number of aromatic nitrogens is 1. The lowest BCUT2D eigenvalue weighted by Gasteiger charge is -2.34. The molecule has 2 aromatic rings. The van der Waals surface area contributed by atoms with Crippen LogP contribution in [-0.2, 0) is 6.42 Å². The number of benzene rings is 1. The van der Waals surface area contributed by atoms with Crippen LogP contribution in [0.2, 0.25) is 0 Å².